The summed E-state index contributed by atoms with van der Waals surface area (Å²) in [5.74, 6) is 0.104. The molecule has 1 heterocycles. The number of fused-ring (bicyclic) bond motifs is 1. The molecule has 0 amide bonds. The van der Waals surface area contributed by atoms with Crippen molar-refractivity contribution in [3.63, 3.8) is 0 Å². The number of aryl methyl sites for hydroxylation is 1. The predicted octanol–water partition coefficient (Wildman–Crippen LogP) is 4.44. The minimum Gasteiger partial charge on any atom is -0.289 e. The van der Waals surface area contributed by atoms with Gasteiger partial charge in [-0.05, 0) is 12.5 Å². The van der Waals surface area contributed by atoms with Crippen molar-refractivity contribution < 1.29 is 4.79 Å². The van der Waals surface area contributed by atoms with Crippen molar-refractivity contribution in [3.8, 4) is 0 Å². The Balaban J connectivity index is 2.16. The highest BCUT2D eigenvalue weighted by Gasteiger charge is 2.14. The molecule has 0 aliphatic rings. The molecule has 0 bridgehead atoms. The van der Waals surface area contributed by atoms with E-state index in [-0.39, 0.29) is 5.78 Å². The van der Waals surface area contributed by atoms with Crippen LogP contribution in [0.3, 0.4) is 0 Å². The number of ketones is 1. The summed E-state index contributed by atoms with van der Waals surface area (Å²) >= 11 is 1.64. The van der Waals surface area contributed by atoms with Crippen molar-refractivity contribution in [2.24, 2.45) is 0 Å². The summed E-state index contributed by atoms with van der Waals surface area (Å²) in [6.45, 7) is 2.08. The van der Waals surface area contributed by atoms with Crippen molar-refractivity contribution in [1.29, 1.82) is 0 Å². The summed E-state index contributed by atoms with van der Waals surface area (Å²) in [7, 11) is 0. The number of thiophene rings is 1. The molecule has 3 rings (SSSR count). The monoisotopic (exact) mass is 252 g/mol. The van der Waals surface area contributed by atoms with E-state index in [2.05, 4.69) is 13.0 Å². The van der Waals surface area contributed by atoms with E-state index in [0.29, 0.717) is 0 Å². The molecule has 2 aromatic carbocycles. The van der Waals surface area contributed by atoms with Crippen LogP contribution in [0.1, 0.15) is 21.5 Å². The molecular weight excluding hydrogens is 240 g/mol. The Morgan fingerprint density at radius 2 is 1.78 bits per heavy atom. The first-order chi connectivity index (χ1) is 8.77. The Hall–Kier alpha value is -1.93. The van der Waals surface area contributed by atoms with Gasteiger partial charge in [0.2, 0.25) is 0 Å². The topological polar surface area (TPSA) is 17.1 Å². The maximum atomic E-state index is 12.4. The highest BCUT2D eigenvalue weighted by molar-refractivity contribution is 7.17. The van der Waals surface area contributed by atoms with E-state index in [1.165, 1.54) is 10.3 Å². The van der Waals surface area contributed by atoms with Gasteiger partial charge in [0.05, 0.1) is 0 Å². The molecule has 0 unspecified atom stereocenters. The van der Waals surface area contributed by atoms with Gasteiger partial charge in [-0.3, -0.25) is 4.79 Å². The lowest BCUT2D eigenvalue weighted by atomic mass is 10.0. The molecule has 18 heavy (non-hydrogen) atoms. The zero-order valence-electron chi connectivity index (χ0n) is 10.0. The lowest BCUT2D eigenvalue weighted by Crippen LogP contribution is -1.99. The maximum absolute atomic E-state index is 12.4. The molecule has 1 aromatic heterocycles. The van der Waals surface area contributed by atoms with Gasteiger partial charge >= 0.3 is 0 Å². The fraction of sp³-hybridized carbons (Fsp3) is 0.0625. The number of carbonyl (C=O) groups is 1. The number of benzene rings is 2. The molecular formula is C16H12OS. The number of hydrogen-bond donors (Lipinski definition) is 0. The van der Waals surface area contributed by atoms with Crippen LogP contribution in [0, 0.1) is 6.92 Å². The summed E-state index contributed by atoms with van der Waals surface area (Å²) < 4.78 is 1.21. The van der Waals surface area contributed by atoms with Crippen molar-refractivity contribution in [2.45, 2.75) is 6.92 Å². The average Bonchev–Trinajstić information content (AvgIpc) is 2.84. The van der Waals surface area contributed by atoms with Gasteiger partial charge in [0, 0.05) is 26.6 Å². The third kappa shape index (κ3) is 1.75. The Morgan fingerprint density at radius 3 is 2.56 bits per heavy atom. The van der Waals surface area contributed by atoms with Gasteiger partial charge in [0.25, 0.3) is 0 Å². The van der Waals surface area contributed by atoms with E-state index in [1.807, 2.05) is 47.8 Å². The average molecular weight is 252 g/mol. The minimum atomic E-state index is 0.104. The Kier molecular flexibility index (Phi) is 2.73. The zero-order valence-corrected chi connectivity index (χ0v) is 10.8. The van der Waals surface area contributed by atoms with Crippen LogP contribution in [0.25, 0.3) is 10.1 Å². The number of hydrogen-bond acceptors (Lipinski definition) is 2. The van der Waals surface area contributed by atoms with E-state index in [0.717, 1.165) is 16.5 Å². The summed E-state index contributed by atoms with van der Waals surface area (Å²) in [4.78, 5) is 12.4. The molecule has 3 aromatic rings. The summed E-state index contributed by atoms with van der Waals surface area (Å²) in [6, 6.07) is 15.5. The van der Waals surface area contributed by atoms with Crippen LogP contribution < -0.4 is 0 Å². The van der Waals surface area contributed by atoms with Crippen molar-refractivity contribution >= 4 is 27.2 Å². The molecule has 0 radical (unpaired) electrons. The van der Waals surface area contributed by atoms with Gasteiger partial charge in [-0.15, -0.1) is 11.3 Å². The van der Waals surface area contributed by atoms with Gasteiger partial charge < -0.3 is 0 Å². The molecule has 0 aliphatic heterocycles. The Labute approximate surface area is 110 Å². The smallest absolute Gasteiger partial charge is 0.194 e. The van der Waals surface area contributed by atoms with E-state index in [4.69, 9.17) is 0 Å². The largest absolute Gasteiger partial charge is 0.289 e. The molecule has 0 spiro atoms. The molecule has 0 saturated heterocycles. The molecule has 0 N–H and O–H groups in total. The van der Waals surface area contributed by atoms with Crippen LogP contribution >= 0.6 is 11.3 Å². The quantitative estimate of drug-likeness (QED) is 0.616. The normalized spacial score (nSPS) is 10.7. The van der Waals surface area contributed by atoms with Gasteiger partial charge in [-0.2, -0.15) is 0 Å². The predicted molar refractivity (Wildman–Crippen MR) is 76.4 cm³/mol. The summed E-state index contributed by atoms with van der Waals surface area (Å²) in [5, 5.41) is 3.03. The summed E-state index contributed by atoms with van der Waals surface area (Å²) in [5.41, 5.74) is 2.79. The second-order valence-electron chi connectivity index (χ2n) is 4.30. The molecule has 1 nitrogen and oxygen atoms in total. The second-order valence-corrected chi connectivity index (χ2v) is 5.18. The molecule has 2 heteroatoms. The fourth-order valence-electron chi connectivity index (χ4n) is 2.12. The van der Waals surface area contributed by atoms with Crippen LogP contribution in [0.15, 0.2) is 53.9 Å². The standard InChI is InChI=1S/C16H12OS/c1-11-6-5-9-13-14(10-18-16(11)13)15(17)12-7-3-2-4-8-12/h2-10H,1H3. The number of carbonyl (C=O) groups excluding carboxylic acids is 1. The molecule has 88 valence electrons. The van der Waals surface area contributed by atoms with Crippen LogP contribution in [-0.4, -0.2) is 5.78 Å². The van der Waals surface area contributed by atoms with E-state index < -0.39 is 0 Å². The Bertz CT molecular complexity index is 710. The van der Waals surface area contributed by atoms with Crippen molar-refractivity contribution in [1.82, 2.24) is 0 Å². The van der Waals surface area contributed by atoms with E-state index in [9.17, 15) is 4.79 Å². The Morgan fingerprint density at radius 1 is 1.00 bits per heavy atom. The third-order valence-corrected chi connectivity index (χ3v) is 4.21. The van der Waals surface area contributed by atoms with Crippen molar-refractivity contribution in [2.75, 3.05) is 0 Å². The first-order valence-electron chi connectivity index (χ1n) is 5.84. The molecule has 0 atom stereocenters. The maximum Gasteiger partial charge on any atom is 0.194 e. The van der Waals surface area contributed by atoms with Crippen LogP contribution in [-0.2, 0) is 0 Å². The molecule has 0 fully saturated rings. The van der Waals surface area contributed by atoms with E-state index >= 15 is 0 Å². The van der Waals surface area contributed by atoms with Gasteiger partial charge in [0.15, 0.2) is 5.78 Å². The van der Waals surface area contributed by atoms with Crippen LogP contribution in [0.5, 0.6) is 0 Å². The lowest BCUT2D eigenvalue weighted by Gasteiger charge is -2.00. The second kappa shape index (κ2) is 4.39. The van der Waals surface area contributed by atoms with Crippen LogP contribution in [0.2, 0.25) is 0 Å². The summed E-state index contributed by atoms with van der Waals surface area (Å²) in [6.07, 6.45) is 0. The van der Waals surface area contributed by atoms with Crippen LogP contribution in [0.4, 0.5) is 0 Å². The highest BCUT2D eigenvalue weighted by Crippen LogP contribution is 2.30. The first-order valence-corrected chi connectivity index (χ1v) is 6.72. The minimum absolute atomic E-state index is 0.104. The highest BCUT2D eigenvalue weighted by atomic mass is 32.1. The van der Waals surface area contributed by atoms with Gasteiger partial charge in [-0.1, -0.05) is 48.5 Å². The first kappa shape index (κ1) is 11.2. The van der Waals surface area contributed by atoms with Gasteiger partial charge in [-0.25, -0.2) is 0 Å². The van der Waals surface area contributed by atoms with Gasteiger partial charge in [0.1, 0.15) is 0 Å². The van der Waals surface area contributed by atoms with E-state index in [1.54, 1.807) is 11.3 Å². The third-order valence-electron chi connectivity index (χ3n) is 3.08. The zero-order chi connectivity index (χ0) is 12.5. The molecule has 0 saturated carbocycles. The number of rotatable bonds is 2. The molecule has 0 aliphatic carbocycles. The SMILES string of the molecule is Cc1cccc2c(C(=O)c3ccccc3)csc12. The fourth-order valence-corrected chi connectivity index (χ4v) is 3.15. The van der Waals surface area contributed by atoms with Crippen molar-refractivity contribution in [3.05, 3.63) is 70.6 Å². The lowest BCUT2D eigenvalue weighted by molar-refractivity contribution is 0.104.